The Labute approximate surface area is 92.9 Å². The first-order valence-corrected chi connectivity index (χ1v) is 5.91. The fraction of sp³-hybridized carbons (Fsp3) is 0.750. The summed E-state index contributed by atoms with van der Waals surface area (Å²) in [5.41, 5.74) is 1.09. The van der Waals surface area contributed by atoms with E-state index in [-0.39, 0.29) is 0 Å². The predicted molar refractivity (Wildman–Crippen MR) is 65.2 cm³/mol. The molecule has 0 aromatic carbocycles. The molecule has 0 unspecified atom stereocenters. The maximum Gasteiger partial charge on any atom is 0.203 e. The van der Waals surface area contributed by atoms with Gasteiger partial charge in [0.05, 0.1) is 5.69 Å². The molecule has 1 rings (SSSR count). The summed E-state index contributed by atoms with van der Waals surface area (Å²) in [6.07, 6.45) is 4.56. The van der Waals surface area contributed by atoms with Crippen LogP contribution in [0.2, 0.25) is 0 Å². The second-order valence-electron chi connectivity index (χ2n) is 4.53. The molecular weight excluding hydrogens is 186 g/mol. The van der Waals surface area contributed by atoms with Crippen LogP contribution in [-0.4, -0.2) is 16.1 Å². The van der Waals surface area contributed by atoms with Crippen LogP contribution < -0.4 is 5.32 Å². The summed E-state index contributed by atoms with van der Waals surface area (Å²) in [7, 11) is 0. The zero-order valence-electron chi connectivity index (χ0n) is 10.4. The number of aromatic nitrogens is 2. The maximum absolute atomic E-state index is 4.49. The van der Waals surface area contributed by atoms with Crippen molar-refractivity contribution in [2.45, 2.75) is 47.1 Å². The lowest BCUT2D eigenvalue weighted by molar-refractivity contribution is 0.624. The lowest BCUT2D eigenvalue weighted by Gasteiger charge is -2.10. The van der Waals surface area contributed by atoms with Crippen LogP contribution in [-0.2, 0) is 6.54 Å². The van der Waals surface area contributed by atoms with Gasteiger partial charge in [-0.2, -0.15) is 0 Å². The molecule has 1 aromatic rings. The molecule has 0 bridgehead atoms. The molecule has 86 valence electrons. The van der Waals surface area contributed by atoms with Crippen LogP contribution in [0.25, 0.3) is 0 Å². The van der Waals surface area contributed by atoms with Crippen molar-refractivity contribution in [3.8, 4) is 0 Å². The molecule has 0 aliphatic rings. The first kappa shape index (κ1) is 12.1. The summed E-state index contributed by atoms with van der Waals surface area (Å²) >= 11 is 0. The number of unbranched alkanes of at least 4 members (excludes halogenated alkanes) is 1. The molecule has 0 amide bonds. The highest BCUT2D eigenvalue weighted by molar-refractivity contribution is 5.28. The monoisotopic (exact) mass is 209 g/mol. The minimum Gasteiger partial charge on any atom is -0.355 e. The van der Waals surface area contributed by atoms with E-state index < -0.39 is 0 Å². The molecule has 3 heteroatoms. The van der Waals surface area contributed by atoms with Crippen molar-refractivity contribution in [3.05, 3.63) is 11.9 Å². The van der Waals surface area contributed by atoms with E-state index in [1.807, 2.05) is 6.92 Å². The van der Waals surface area contributed by atoms with Crippen molar-refractivity contribution in [1.82, 2.24) is 9.55 Å². The van der Waals surface area contributed by atoms with Crippen LogP contribution in [0.1, 0.15) is 39.3 Å². The van der Waals surface area contributed by atoms with E-state index in [1.165, 1.54) is 12.8 Å². The third-order valence-corrected chi connectivity index (χ3v) is 2.32. The average Bonchev–Trinajstić information content (AvgIpc) is 2.52. The van der Waals surface area contributed by atoms with Crippen LogP contribution >= 0.6 is 0 Å². The Kier molecular flexibility index (Phi) is 4.66. The van der Waals surface area contributed by atoms with Gasteiger partial charge in [-0.3, -0.25) is 0 Å². The van der Waals surface area contributed by atoms with Gasteiger partial charge in [0.15, 0.2) is 0 Å². The van der Waals surface area contributed by atoms with Gasteiger partial charge in [-0.25, -0.2) is 4.98 Å². The highest BCUT2D eigenvalue weighted by atomic mass is 15.2. The van der Waals surface area contributed by atoms with Gasteiger partial charge in [0.1, 0.15) is 0 Å². The number of hydrogen-bond acceptors (Lipinski definition) is 2. The van der Waals surface area contributed by atoms with Crippen molar-refractivity contribution in [1.29, 1.82) is 0 Å². The second kappa shape index (κ2) is 5.79. The Morgan fingerprint density at radius 3 is 2.80 bits per heavy atom. The van der Waals surface area contributed by atoms with Crippen LogP contribution in [0.4, 0.5) is 5.95 Å². The van der Waals surface area contributed by atoms with Crippen LogP contribution in [0.3, 0.4) is 0 Å². The minimum atomic E-state index is 0.654. The van der Waals surface area contributed by atoms with Crippen molar-refractivity contribution < 1.29 is 0 Å². The lowest BCUT2D eigenvalue weighted by Crippen LogP contribution is -2.12. The van der Waals surface area contributed by atoms with E-state index >= 15 is 0 Å². The fourth-order valence-electron chi connectivity index (χ4n) is 1.48. The zero-order chi connectivity index (χ0) is 11.3. The second-order valence-corrected chi connectivity index (χ2v) is 4.53. The molecule has 1 aromatic heterocycles. The van der Waals surface area contributed by atoms with E-state index in [1.54, 1.807) is 0 Å². The topological polar surface area (TPSA) is 29.9 Å². The highest BCUT2D eigenvalue weighted by Gasteiger charge is 2.04. The normalized spacial score (nSPS) is 11.0. The molecule has 0 spiro atoms. The van der Waals surface area contributed by atoms with E-state index in [9.17, 15) is 0 Å². The van der Waals surface area contributed by atoms with Gasteiger partial charge in [-0.15, -0.1) is 0 Å². The van der Waals surface area contributed by atoms with E-state index in [0.717, 1.165) is 24.7 Å². The molecule has 0 atom stereocenters. The summed E-state index contributed by atoms with van der Waals surface area (Å²) in [5, 5.41) is 3.39. The molecule has 1 heterocycles. The highest BCUT2D eigenvalue weighted by Crippen LogP contribution is 2.10. The molecule has 0 saturated heterocycles. The summed E-state index contributed by atoms with van der Waals surface area (Å²) in [5.74, 6) is 1.68. The smallest absolute Gasteiger partial charge is 0.203 e. The Balaban J connectivity index is 2.59. The van der Waals surface area contributed by atoms with E-state index in [4.69, 9.17) is 0 Å². The number of aryl methyl sites for hydroxylation is 2. The van der Waals surface area contributed by atoms with Crippen LogP contribution in [0.5, 0.6) is 0 Å². The van der Waals surface area contributed by atoms with Gasteiger partial charge < -0.3 is 9.88 Å². The Morgan fingerprint density at radius 2 is 2.20 bits per heavy atom. The van der Waals surface area contributed by atoms with Crippen molar-refractivity contribution in [3.63, 3.8) is 0 Å². The number of anilines is 1. The molecule has 15 heavy (non-hydrogen) atoms. The Morgan fingerprint density at radius 1 is 1.47 bits per heavy atom. The standard InChI is InChI=1S/C12H23N3/c1-5-6-7-15-9-11(4)14-12(15)13-8-10(2)3/h9-10H,5-8H2,1-4H3,(H,13,14). The van der Waals surface area contributed by atoms with Gasteiger partial charge in [0.2, 0.25) is 5.95 Å². The van der Waals surface area contributed by atoms with Gasteiger partial charge in [0.25, 0.3) is 0 Å². The predicted octanol–water partition coefficient (Wildman–Crippen LogP) is 3.06. The number of imidazole rings is 1. The number of rotatable bonds is 6. The SMILES string of the molecule is CCCCn1cc(C)nc1NCC(C)C. The quantitative estimate of drug-likeness (QED) is 0.780. The van der Waals surface area contributed by atoms with Crippen molar-refractivity contribution >= 4 is 5.95 Å². The van der Waals surface area contributed by atoms with Crippen LogP contribution in [0, 0.1) is 12.8 Å². The molecule has 0 aliphatic heterocycles. The van der Waals surface area contributed by atoms with Crippen LogP contribution in [0.15, 0.2) is 6.20 Å². The van der Waals surface area contributed by atoms with Crippen molar-refractivity contribution in [2.75, 3.05) is 11.9 Å². The van der Waals surface area contributed by atoms with Gasteiger partial charge in [-0.05, 0) is 19.3 Å². The molecule has 0 radical (unpaired) electrons. The number of nitrogens with one attached hydrogen (secondary N) is 1. The molecule has 0 fully saturated rings. The Hall–Kier alpha value is -0.990. The average molecular weight is 209 g/mol. The summed E-state index contributed by atoms with van der Waals surface area (Å²) in [4.78, 5) is 4.49. The summed E-state index contributed by atoms with van der Waals surface area (Å²) < 4.78 is 2.22. The first-order chi connectivity index (χ1) is 7.13. The molecule has 0 aliphatic carbocycles. The van der Waals surface area contributed by atoms with Gasteiger partial charge in [-0.1, -0.05) is 27.2 Å². The zero-order valence-corrected chi connectivity index (χ0v) is 10.4. The van der Waals surface area contributed by atoms with Gasteiger partial charge in [0, 0.05) is 19.3 Å². The van der Waals surface area contributed by atoms with E-state index in [0.29, 0.717) is 5.92 Å². The third-order valence-electron chi connectivity index (χ3n) is 2.32. The molecular formula is C12H23N3. The van der Waals surface area contributed by atoms with Gasteiger partial charge >= 0.3 is 0 Å². The first-order valence-electron chi connectivity index (χ1n) is 5.91. The van der Waals surface area contributed by atoms with Crippen molar-refractivity contribution in [2.24, 2.45) is 5.92 Å². The summed E-state index contributed by atoms with van der Waals surface area (Å²) in [6, 6.07) is 0. The largest absolute Gasteiger partial charge is 0.355 e. The lowest BCUT2D eigenvalue weighted by atomic mass is 10.2. The fourth-order valence-corrected chi connectivity index (χ4v) is 1.48. The molecule has 0 saturated carbocycles. The Bertz CT molecular complexity index is 289. The molecule has 3 nitrogen and oxygen atoms in total. The minimum absolute atomic E-state index is 0.654. The maximum atomic E-state index is 4.49. The summed E-state index contributed by atoms with van der Waals surface area (Å²) in [6.45, 7) is 10.7. The third kappa shape index (κ3) is 3.94. The molecule has 1 N–H and O–H groups in total. The van der Waals surface area contributed by atoms with E-state index in [2.05, 4.69) is 41.8 Å². The number of nitrogens with zero attached hydrogens (tertiary/aromatic N) is 2. The number of hydrogen-bond donors (Lipinski definition) is 1.